The van der Waals surface area contributed by atoms with E-state index in [0.29, 0.717) is 12.4 Å². The van der Waals surface area contributed by atoms with E-state index >= 15 is 0 Å². The van der Waals surface area contributed by atoms with Crippen molar-refractivity contribution in [1.82, 2.24) is 9.55 Å². The van der Waals surface area contributed by atoms with Gasteiger partial charge in [-0.3, -0.25) is 0 Å². The number of imidazole rings is 1. The number of benzene rings is 1. The van der Waals surface area contributed by atoms with Crippen molar-refractivity contribution in [3.8, 4) is 0 Å². The zero-order valence-electron chi connectivity index (χ0n) is 11.4. The number of fused-ring (bicyclic) bond motifs is 1. The number of hydrogen-bond acceptors (Lipinski definition) is 3. The summed E-state index contributed by atoms with van der Waals surface area (Å²) in [6.07, 6.45) is -0.585. The van der Waals surface area contributed by atoms with E-state index in [1.165, 1.54) is 0 Å². The molecule has 0 amide bonds. The van der Waals surface area contributed by atoms with Crippen LogP contribution in [0.4, 0.5) is 0 Å². The van der Waals surface area contributed by atoms with Crippen LogP contribution in [0.3, 0.4) is 0 Å². The topological polar surface area (TPSA) is 64.1 Å². The lowest BCUT2D eigenvalue weighted by molar-refractivity contribution is 0.176. The zero-order valence-corrected chi connectivity index (χ0v) is 11.4. The first kappa shape index (κ1) is 13.1. The smallest absolute Gasteiger partial charge is 0.139 e. The molecule has 4 heteroatoms. The minimum Gasteiger partial charge on any atom is -0.385 e. The van der Waals surface area contributed by atoms with E-state index < -0.39 is 6.10 Å². The average molecular weight is 247 g/mol. The van der Waals surface area contributed by atoms with E-state index in [-0.39, 0.29) is 5.54 Å². The second-order valence-corrected chi connectivity index (χ2v) is 5.68. The average Bonchev–Trinajstić information content (AvgIpc) is 2.66. The highest BCUT2D eigenvalue weighted by Crippen LogP contribution is 2.28. The quantitative estimate of drug-likeness (QED) is 0.856. The molecule has 2 aromatic rings. The van der Waals surface area contributed by atoms with Crippen LogP contribution >= 0.6 is 0 Å². The van der Waals surface area contributed by atoms with Gasteiger partial charge >= 0.3 is 0 Å². The Morgan fingerprint density at radius 3 is 2.56 bits per heavy atom. The van der Waals surface area contributed by atoms with Gasteiger partial charge in [0.05, 0.1) is 11.0 Å². The van der Waals surface area contributed by atoms with Gasteiger partial charge in [0.2, 0.25) is 0 Å². The number of aromatic nitrogens is 2. The number of nitrogens with two attached hydrogens (primary N) is 1. The molecule has 98 valence electrons. The highest BCUT2D eigenvalue weighted by atomic mass is 16.3. The van der Waals surface area contributed by atoms with Crippen molar-refractivity contribution in [2.75, 3.05) is 0 Å². The van der Waals surface area contributed by atoms with E-state index in [4.69, 9.17) is 5.73 Å². The molecule has 0 fully saturated rings. The van der Waals surface area contributed by atoms with Crippen molar-refractivity contribution < 1.29 is 5.11 Å². The third-order valence-electron chi connectivity index (χ3n) is 3.03. The van der Waals surface area contributed by atoms with Crippen molar-refractivity contribution in [2.45, 2.75) is 45.9 Å². The Hall–Kier alpha value is -1.39. The van der Waals surface area contributed by atoms with E-state index in [0.717, 1.165) is 16.6 Å². The number of hydrogen-bond donors (Lipinski definition) is 2. The molecule has 1 atom stereocenters. The molecule has 1 aromatic heterocycles. The summed E-state index contributed by atoms with van der Waals surface area (Å²) in [4.78, 5) is 4.54. The summed E-state index contributed by atoms with van der Waals surface area (Å²) < 4.78 is 2.09. The number of aliphatic hydroxyl groups is 1. The van der Waals surface area contributed by atoms with Gasteiger partial charge in [-0.05, 0) is 45.4 Å². The van der Waals surface area contributed by atoms with Crippen LogP contribution in [-0.2, 0) is 12.1 Å². The molecule has 0 radical (unpaired) electrons. The normalized spacial score (nSPS) is 14.1. The molecule has 1 aromatic carbocycles. The van der Waals surface area contributed by atoms with Gasteiger partial charge in [0, 0.05) is 12.1 Å². The molecule has 1 unspecified atom stereocenters. The van der Waals surface area contributed by atoms with Crippen LogP contribution in [0.15, 0.2) is 18.2 Å². The fourth-order valence-corrected chi connectivity index (χ4v) is 2.26. The summed E-state index contributed by atoms with van der Waals surface area (Å²) in [6.45, 7) is 8.57. The fraction of sp³-hybridized carbons (Fsp3) is 0.500. The summed E-state index contributed by atoms with van der Waals surface area (Å²) in [6, 6.07) is 6.03. The molecule has 2 rings (SSSR count). The third kappa shape index (κ3) is 2.13. The van der Waals surface area contributed by atoms with E-state index in [9.17, 15) is 5.11 Å². The van der Waals surface area contributed by atoms with Crippen LogP contribution in [0.2, 0.25) is 0 Å². The van der Waals surface area contributed by atoms with Crippen LogP contribution in [0.5, 0.6) is 0 Å². The molecule has 0 aliphatic rings. The van der Waals surface area contributed by atoms with Crippen LogP contribution in [0, 0.1) is 0 Å². The maximum Gasteiger partial charge on any atom is 0.139 e. The number of aliphatic hydroxyl groups excluding tert-OH is 1. The summed E-state index contributed by atoms with van der Waals surface area (Å²) in [5.74, 6) is 0.701. The van der Waals surface area contributed by atoms with E-state index in [1.54, 1.807) is 6.92 Å². The van der Waals surface area contributed by atoms with Crippen molar-refractivity contribution in [3.05, 3.63) is 29.6 Å². The lowest BCUT2D eigenvalue weighted by Crippen LogP contribution is -2.25. The van der Waals surface area contributed by atoms with Gasteiger partial charge in [0.25, 0.3) is 0 Å². The molecule has 0 spiro atoms. The predicted molar refractivity (Wildman–Crippen MR) is 73.3 cm³/mol. The Kier molecular flexibility index (Phi) is 3.17. The first-order valence-electron chi connectivity index (χ1n) is 6.24. The van der Waals surface area contributed by atoms with Gasteiger partial charge < -0.3 is 15.4 Å². The SMILES string of the molecule is CC(O)c1nc2cc(CN)ccc2n1C(C)(C)C. The Morgan fingerprint density at radius 2 is 2.06 bits per heavy atom. The fourth-order valence-electron chi connectivity index (χ4n) is 2.26. The van der Waals surface area contributed by atoms with Gasteiger partial charge in [-0.1, -0.05) is 6.07 Å². The highest BCUT2D eigenvalue weighted by molar-refractivity contribution is 5.77. The minimum atomic E-state index is -0.585. The number of nitrogens with zero attached hydrogens (tertiary/aromatic N) is 2. The Labute approximate surface area is 107 Å². The molecular formula is C14H21N3O. The Bertz CT molecular complexity index is 564. The zero-order chi connectivity index (χ0) is 13.5. The van der Waals surface area contributed by atoms with Gasteiger partial charge in [0.1, 0.15) is 11.9 Å². The molecule has 3 N–H and O–H groups in total. The Morgan fingerprint density at radius 1 is 1.39 bits per heavy atom. The maximum atomic E-state index is 9.89. The first-order chi connectivity index (χ1) is 8.34. The molecule has 4 nitrogen and oxygen atoms in total. The monoisotopic (exact) mass is 247 g/mol. The molecule has 1 heterocycles. The molecule has 0 aliphatic carbocycles. The van der Waals surface area contributed by atoms with Crippen LogP contribution < -0.4 is 5.73 Å². The van der Waals surface area contributed by atoms with Crippen LogP contribution in [-0.4, -0.2) is 14.7 Å². The molecule has 18 heavy (non-hydrogen) atoms. The van der Waals surface area contributed by atoms with Crippen molar-refractivity contribution in [1.29, 1.82) is 0 Å². The van der Waals surface area contributed by atoms with Gasteiger partial charge in [-0.25, -0.2) is 4.98 Å². The summed E-state index contributed by atoms with van der Waals surface area (Å²) in [5.41, 5.74) is 8.51. The summed E-state index contributed by atoms with van der Waals surface area (Å²) in [5, 5.41) is 9.89. The third-order valence-corrected chi connectivity index (χ3v) is 3.03. The molecular weight excluding hydrogens is 226 g/mol. The van der Waals surface area contributed by atoms with Crippen LogP contribution in [0.25, 0.3) is 11.0 Å². The van der Waals surface area contributed by atoms with E-state index in [2.05, 4.69) is 30.3 Å². The first-order valence-corrected chi connectivity index (χ1v) is 6.24. The maximum absolute atomic E-state index is 9.89. The predicted octanol–water partition coefficient (Wildman–Crippen LogP) is 2.30. The highest BCUT2D eigenvalue weighted by Gasteiger charge is 2.23. The van der Waals surface area contributed by atoms with Crippen LogP contribution in [0.1, 0.15) is 45.2 Å². The summed E-state index contributed by atoms with van der Waals surface area (Å²) >= 11 is 0. The molecule has 0 aliphatic heterocycles. The second-order valence-electron chi connectivity index (χ2n) is 5.68. The second kappa shape index (κ2) is 4.37. The lowest BCUT2D eigenvalue weighted by Gasteiger charge is -2.25. The number of rotatable bonds is 2. The molecule has 0 saturated heterocycles. The minimum absolute atomic E-state index is 0.120. The van der Waals surface area contributed by atoms with Gasteiger partial charge in [-0.2, -0.15) is 0 Å². The molecule has 0 saturated carbocycles. The van der Waals surface area contributed by atoms with E-state index in [1.807, 2.05) is 18.2 Å². The Balaban J connectivity index is 2.76. The van der Waals surface area contributed by atoms with Crippen molar-refractivity contribution in [2.24, 2.45) is 5.73 Å². The van der Waals surface area contributed by atoms with Gasteiger partial charge in [0.15, 0.2) is 0 Å². The standard InChI is InChI=1S/C14H21N3O/c1-9(18)13-16-11-7-10(8-15)5-6-12(11)17(13)14(2,3)4/h5-7,9,18H,8,15H2,1-4H3. The summed E-state index contributed by atoms with van der Waals surface area (Å²) in [7, 11) is 0. The largest absolute Gasteiger partial charge is 0.385 e. The van der Waals surface area contributed by atoms with Crippen molar-refractivity contribution >= 4 is 11.0 Å². The van der Waals surface area contributed by atoms with Crippen molar-refractivity contribution in [3.63, 3.8) is 0 Å². The molecule has 0 bridgehead atoms. The van der Waals surface area contributed by atoms with Gasteiger partial charge in [-0.15, -0.1) is 0 Å². The lowest BCUT2D eigenvalue weighted by atomic mass is 10.1.